The second kappa shape index (κ2) is 6.23. The summed E-state index contributed by atoms with van der Waals surface area (Å²) in [6.07, 6.45) is 7.51. The molecule has 4 heteroatoms. The van der Waals surface area contributed by atoms with Crippen LogP contribution in [0.25, 0.3) is 0 Å². The van der Waals surface area contributed by atoms with Crippen molar-refractivity contribution in [3.05, 3.63) is 24.3 Å². The normalized spacial score (nSPS) is 26.5. The molecule has 1 fully saturated rings. The Morgan fingerprint density at radius 1 is 1.32 bits per heavy atom. The van der Waals surface area contributed by atoms with Gasteiger partial charge in [0.2, 0.25) is 0 Å². The summed E-state index contributed by atoms with van der Waals surface area (Å²) in [5.41, 5.74) is 1.16. The Labute approximate surface area is 123 Å². The first kappa shape index (κ1) is 13.4. The van der Waals surface area contributed by atoms with Gasteiger partial charge in [-0.2, -0.15) is 0 Å². The topological polar surface area (TPSA) is 24.4 Å². The first-order chi connectivity index (χ1) is 9.35. The van der Waals surface area contributed by atoms with Crippen LogP contribution in [0.1, 0.15) is 25.7 Å². The van der Waals surface area contributed by atoms with Gasteiger partial charge in [-0.25, -0.2) is 0 Å². The molecule has 1 aliphatic heterocycles. The van der Waals surface area contributed by atoms with Gasteiger partial charge in [0.1, 0.15) is 0 Å². The van der Waals surface area contributed by atoms with Crippen molar-refractivity contribution in [1.29, 1.82) is 0 Å². The Bertz CT molecular complexity index is 473. The minimum absolute atomic E-state index is 0.571. The lowest BCUT2D eigenvalue weighted by Crippen LogP contribution is -2.31. The largest absolute Gasteiger partial charge is 0.335 e. The molecule has 2 unspecified atom stereocenters. The van der Waals surface area contributed by atoms with Crippen molar-refractivity contribution < 1.29 is 0 Å². The van der Waals surface area contributed by atoms with Gasteiger partial charge in [0.05, 0.1) is 6.04 Å². The number of benzene rings is 1. The summed E-state index contributed by atoms with van der Waals surface area (Å²) >= 11 is 3.67. The van der Waals surface area contributed by atoms with Crippen molar-refractivity contribution in [1.82, 2.24) is 0 Å². The predicted molar refractivity (Wildman–Crippen MR) is 87.5 cm³/mol. The van der Waals surface area contributed by atoms with Gasteiger partial charge in [-0.05, 0) is 43.2 Å². The fourth-order valence-electron chi connectivity index (χ4n) is 2.82. The van der Waals surface area contributed by atoms with Crippen molar-refractivity contribution >= 4 is 34.4 Å². The van der Waals surface area contributed by atoms with Crippen LogP contribution < -0.4 is 5.32 Å². The summed E-state index contributed by atoms with van der Waals surface area (Å²) in [5.74, 6) is 2.06. The van der Waals surface area contributed by atoms with Gasteiger partial charge < -0.3 is 5.32 Å². The molecule has 0 bridgehead atoms. The van der Waals surface area contributed by atoms with Gasteiger partial charge in [-0.3, -0.25) is 4.99 Å². The number of nitrogens with one attached hydrogen (secondary N) is 1. The van der Waals surface area contributed by atoms with Gasteiger partial charge in [-0.15, -0.1) is 11.8 Å². The van der Waals surface area contributed by atoms with Crippen LogP contribution in [-0.4, -0.2) is 23.2 Å². The number of fused-ring (bicyclic) bond motifs is 1. The smallest absolute Gasteiger partial charge is 0.161 e. The number of anilines is 1. The molecular formula is C15H20N2S2. The van der Waals surface area contributed by atoms with Crippen LogP contribution in [0.15, 0.2) is 34.2 Å². The molecule has 0 saturated heterocycles. The van der Waals surface area contributed by atoms with E-state index in [2.05, 4.69) is 35.8 Å². The second-order valence-corrected chi connectivity index (χ2v) is 7.10. The summed E-state index contributed by atoms with van der Waals surface area (Å²) in [6.45, 7) is 0. The fraction of sp³-hybridized carbons (Fsp3) is 0.533. The third-order valence-electron chi connectivity index (χ3n) is 3.91. The van der Waals surface area contributed by atoms with Crippen molar-refractivity contribution in [2.24, 2.45) is 10.9 Å². The van der Waals surface area contributed by atoms with Crippen LogP contribution >= 0.6 is 23.5 Å². The minimum Gasteiger partial charge on any atom is -0.335 e. The molecule has 3 rings (SSSR count). The number of hydrogen-bond acceptors (Lipinski definition) is 4. The maximum atomic E-state index is 4.92. The number of nitrogens with zero attached hydrogens (tertiary/aromatic N) is 1. The number of aliphatic imine (C=N–C) groups is 1. The molecule has 0 amide bonds. The summed E-state index contributed by atoms with van der Waals surface area (Å²) in [6, 6.07) is 9.13. The summed E-state index contributed by atoms with van der Waals surface area (Å²) in [7, 11) is 0. The van der Waals surface area contributed by atoms with Crippen LogP contribution in [-0.2, 0) is 0 Å². The van der Waals surface area contributed by atoms with E-state index in [1.165, 1.54) is 36.3 Å². The van der Waals surface area contributed by atoms with Crippen molar-refractivity contribution in [2.45, 2.75) is 36.6 Å². The lowest BCUT2D eigenvalue weighted by molar-refractivity contribution is 0.336. The first-order valence-electron chi connectivity index (χ1n) is 6.97. The Kier molecular flexibility index (Phi) is 4.38. The summed E-state index contributed by atoms with van der Waals surface area (Å²) in [4.78, 5) is 6.21. The molecule has 1 saturated carbocycles. The third-order valence-corrected chi connectivity index (χ3v) is 5.71. The fourth-order valence-corrected chi connectivity index (χ4v) is 4.44. The average Bonchev–Trinajstić information content (AvgIpc) is 2.47. The van der Waals surface area contributed by atoms with E-state index < -0.39 is 0 Å². The second-order valence-electron chi connectivity index (χ2n) is 5.21. The van der Waals surface area contributed by atoms with Crippen LogP contribution in [0.2, 0.25) is 0 Å². The molecule has 1 aliphatic carbocycles. The zero-order chi connectivity index (χ0) is 13.1. The van der Waals surface area contributed by atoms with E-state index in [0.29, 0.717) is 6.04 Å². The summed E-state index contributed by atoms with van der Waals surface area (Å²) < 4.78 is 0. The third kappa shape index (κ3) is 3.29. The SMILES string of the molecule is CSc1cccc(NC2=NC3CCCCC3CS2)c1. The number of thioether (sulfide) groups is 2. The Hall–Kier alpha value is -0.610. The van der Waals surface area contributed by atoms with Gasteiger partial charge in [0.25, 0.3) is 0 Å². The molecule has 2 aliphatic rings. The molecule has 0 aromatic heterocycles. The monoisotopic (exact) mass is 292 g/mol. The van der Waals surface area contributed by atoms with Crippen LogP contribution in [0.3, 0.4) is 0 Å². The molecule has 1 heterocycles. The maximum Gasteiger partial charge on any atom is 0.161 e. The average molecular weight is 292 g/mol. The molecule has 2 nitrogen and oxygen atoms in total. The highest BCUT2D eigenvalue weighted by Crippen LogP contribution is 2.34. The van der Waals surface area contributed by atoms with Crippen LogP contribution in [0.5, 0.6) is 0 Å². The van der Waals surface area contributed by atoms with E-state index in [9.17, 15) is 0 Å². The van der Waals surface area contributed by atoms with Gasteiger partial charge in [-0.1, -0.05) is 30.7 Å². The van der Waals surface area contributed by atoms with E-state index in [1.54, 1.807) is 11.8 Å². The molecule has 0 radical (unpaired) electrons. The van der Waals surface area contributed by atoms with Gasteiger partial charge >= 0.3 is 0 Å². The quantitative estimate of drug-likeness (QED) is 0.813. The number of amidine groups is 1. The molecule has 2 atom stereocenters. The predicted octanol–water partition coefficient (Wildman–Crippen LogP) is 4.48. The highest BCUT2D eigenvalue weighted by Gasteiger charge is 2.29. The summed E-state index contributed by atoms with van der Waals surface area (Å²) in [5, 5.41) is 4.60. The van der Waals surface area contributed by atoms with E-state index in [0.717, 1.165) is 16.8 Å². The molecule has 19 heavy (non-hydrogen) atoms. The molecular weight excluding hydrogens is 272 g/mol. The highest BCUT2D eigenvalue weighted by molar-refractivity contribution is 8.14. The number of rotatable bonds is 2. The van der Waals surface area contributed by atoms with E-state index >= 15 is 0 Å². The Morgan fingerprint density at radius 3 is 3.11 bits per heavy atom. The molecule has 102 valence electrons. The highest BCUT2D eigenvalue weighted by atomic mass is 32.2. The van der Waals surface area contributed by atoms with Crippen LogP contribution in [0.4, 0.5) is 5.69 Å². The zero-order valence-electron chi connectivity index (χ0n) is 11.3. The Morgan fingerprint density at radius 2 is 2.21 bits per heavy atom. The minimum atomic E-state index is 0.571. The number of hydrogen-bond donors (Lipinski definition) is 1. The molecule has 1 N–H and O–H groups in total. The van der Waals surface area contributed by atoms with Crippen molar-refractivity contribution in [3.63, 3.8) is 0 Å². The van der Waals surface area contributed by atoms with E-state index in [1.807, 2.05) is 11.8 Å². The zero-order valence-corrected chi connectivity index (χ0v) is 12.9. The molecule has 1 aromatic carbocycles. The van der Waals surface area contributed by atoms with E-state index in [-0.39, 0.29) is 0 Å². The molecule has 0 spiro atoms. The van der Waals surface area contributed by atoms with Crippen molar-refractivity contribution in [3.8, 4) is 0 Å². The Balaban J connectivity index is 1.70. The first-order valence-corrected chi connectivity index (χ1v) is 9.18. The van der Waals surface area contributed by atoms with Gasteiger partial charge in [0, 0.05) is 16.3 Å². The maximum absolute atomic E-state index is 4.92. The standard InChI is InChI=1S/C15H20N2S2/c1-18-13-7-4-6-12(9-13)16-15-17-14-8-3-2-5-11(14)10-19-15/h4,6-7,9,11,14H,2-3,5,8,10H2,1H3,(H,16,17). The lowest BCUT2D eigenvalue weighted by atomic mass is 9.86. The van der Waals surface area contributed by atoms with Gasteiger partial charge in [0.15, 0.2) is 5.17 Å². The molecule has 1 aromatic rings. The van der Waals surface area contributed by atoms with Crippen molar-refractivity contribution in [2.75, 3.05) is 17.3 Å². The van der Waals surface area contributed by atoms with E-state index in [4.69, 9.17) is 4.99 Å². The lowest BCUT2D eigenvalue weighted by Gasteiger charge is -2.32. The van der Waals surface area contributed by atoms with Crippen LogP contribution in [0, 0.1) is 5.92 Å².